The summed E-state index contributed by atoms with van der Waals surface area (Å²) in [6, 6.07) is 9.25. The number of hydrogen-bond acceptors (Lipinski definition) is 7. The molecule has 0 atom stereocenters. The van der Waals surface area contributed by atoms with Gasteiger partial charge in [0.05, 0.1) is 28.9 Å². The Morgan fingerprint density at radius 2 is 1.81 bits per heavy atom. The molecular formula is C17H18N2O6S2. The number of ether oxygens (including phenoxy) is 1. The van der Waals surface area contributed by atoms with Crippen LogP contribution in [0.5, 0.6) is 0 Å². The van der Waals surface area contributed by atoms with E-state index in [2.05, 4.69) is 10.0 Å². The summed E-state index contributed by atoms with van der Waals surface area (Å²) < 4.78 is 30.0. The van der Waals surface area contributed by atoms with E-state index in [0.717, 1.165) is 11.1 Å². The number of benzene rings is 1. The molecule has 10 heteroatoms. The fourth-order valence-corrected chi connectivity index (χ4v) is 3.51. The van der Waals surface area contributed by atoms with Crippen molar-refractivity contribution in [2.24, 2.45) is 0 Å². The van der Waals surface area contributed by atoms with Crippen LogP contribution in [-0.4, -0.2) is 38.9 Å². The molecule has 0 bridgehead atoms. The van der Waals surface area contributed by atoms with Crippen molar-refractivity contribution < 1.29 is 27.5 Å². The SMILES string of the molecule is CC(=O)NCc1ccc(C(=O)COC(=O)c2ccccc2NS(C)(=O)=O)s1. The standard InChI is InChI=1S/C17H18N2O6S2/c1-11(20)18-9-12-7-8-16(26-12)15(21)10-25-17(22)13-5-3-4-6-14(13)19-27(2,23)24/h3-8,19H,9-10H2,1-2H3,(H,18,20). The molecule has 2 aromatic rings. The number of ketones is 1. The summed E-state index contributed by atoms with van der Waals surface area (Å²) in [5.41, 5.74) is 0.0828. The zero-order valence-corrected chi connectivity index (χ0v) is 16.3. The monoisotopic (exact) mass is 410 g/mol. The van der Waals surface area contributed by atoms with Crippen LogP contribution in [0.4, 0.5) is 5.69 Å². The highest BCUT2D eigenvalue weighted by atomic mass is 32.2. The van der Waals surface area contributed by atoms with Crippen molar-refractivity contribution in [2.45, 2.75) is 13.5 Å². The zero-order chi connectivity index (χ0) is 20.0. The average Bonchev–Trinajstić information content (AvgIpc) is 3.05. The third-order valence-electron chi connectivity index (χ3n) is 3.22. The highest BCUT2D eigenvalue weighted by molar-refractivity contribution is 7.92. The number of carbonyl (C=O) groups is 3. The molecule has 0 spiro atoms. The van der Waals surface area contributed by atoms with Crippen molar-refractivity contribution in [2.75, 3.05) is 17.6 Å². The Bertz CT molecular complexity index is 965. The van der Waals surface area contributed by atoms with Crippen LogP contribution in [0.1, 0.15) is 31.8 Å². The summed E-state index contributed by atoms with van der Waals surface area (Å²) in [6.45, 7) is 1.24. The number of Topliss-reactive ketones (excluding diaryl/α,β-unsaturated/α-hetero) is 1. The Hall–Kier alpha value is -2.72. The van der Waals surface area contributed by atoms with Crippen LogP contribution in [0, 0.1) is 0 Å². The molecule has 0 aliphatic carbocycles. The molecule has 1 heterocycles. The molecule has 0 aliphatic heterocycles. The summed E-state index contributed by atoms with van der Waals surface area (Å²) in [5.74, 6) is -1.38. The first-order chi connectivity index (χ1) is 12.7. The number of carbonyl (C=O) groups excluding carboxylic acids is 3. The predicted molar refractivity (Wildman–Crippen MR) is 101 cm³/mol. The molecule has 1 aromatic heterocycles. The maximum Gasteiger partial charge on any atom is 0.340 e. The minimum atomic E-state index is -3.57. The predicted octanol–water partition coefficient (Wildman–Crippen LogP) is 1.80. The van der Waals surface area contributed by atoms with Crippen LogP contribution < -0.4 is 10.0 Å². The van der Waals surface area contributed by atoms with Crippen LogP contribution >= 0.6 is 11.3 Å². The molecule has 2 rings (SSSR count). The van der Waals surface area contributed by atoms with Crippen molar-refractivity contribution in [1.29, 1.82) is 0 Å². The molecule has 1 aromatic carbocycles. The number of para-hydroxylation sites is 1. The number of sulfonamides is 1. The van der Waals surface area contributed by atoms with E-state index in [9.17, 15) is 22.8 Å². The molecule has 0 radical (unpaired) electrons. The number of rotatable bonds is 8. The number of anilines is 1. The van der Waals surface area contributed by atoms with E-state index in [1.54, 1.807) is 24.3 Å². The Morgan fingerprint density at radius 1 is 1.11 bits per heavy atom. The fraction of sp³-hybridized carbons (Fsp3) is 0.235. The molecule has 2 N–H and O–H groups in total. The van der Waals surface area contributed by atoms with Crippen molar-refractivity contribution >= 4 is 44.7 Å². The molecular weight excluding hydrogens is 392 g/mol. The van der Waals surface area contributed by atoms with Gasteiger partial charge >= 0.3 is 5.97 Å². The largest absolute Gasteiger partial charge is 0.454 e. The Morgan fingerprint density at radius 3 is 2.48 bits per heavy atom. The maximum absolute atomic E-state index is 12.2. The van der Waals surface area contributed by atoms with Gasteiger partial charge in [-0.1, -0.05) is 12.1 Å². The van der Waals surface area contributed by atoms with Gasteiger partial charge in [-0.15, -0.1) is 11.3 Å². The van der Waals surface area contributed by atoms with Gasteiger partial charge in [0.15, 0.2) is 6.61 Å². The summed E-state index contributed by atoms with van der Waals surface area (Å²) in [4.78, 5) is 36.5. The maximum atomic E-state index is 12.2. The molecule has 1 amide bonds. The van der Waals surface area contributed by atoms with Crippen LogP contribution in [0.25, 0.3) is 0 Å². The molecule has 8 nitrogen and oxygen atoms in total. The lowest BCUT2D eigenvalue weighted by atomic mass is 10.2. The number of thiophene rings is 1. The first-order valence-electron chi connectivity index (χ1n) is 7.76. The summed E-state index contributed by atoms with van der Waals surface area (Å²) >= 11 is 1.19. The second-order valence-electron chi connectivity index (χ2n) is 5.59. The van der Waals surface area contributed by atoms with Gasteiger partial charge in [0.2, 0.25) is 21.7 Å². The van der Waals surface area contributed by atoms with Gasteiger partial charge in [0.25, 0.3) is 0 Å². The van der Waals surface area contributed by atoms with E-state index in [4.69, 9.17) is 4.74 Å². The van der Waals surface area contributed by atoms with Gasteiger partial charge in [-0.25, -0.2) is 13.2 Å². The van der Waals surface area contributed by atoms with Crippen LogP contribution in [0.2, 0.25) is 0 Å². The van der Waals surface area contributed by atoms with E-state index in [1.165, 1.54) is 30.4 Å². The second kappa shape index (κ2) is 8.78. The van der Waals surface area contributed by atoms with E-state index < -0.39 is 28.4 Å². The molecule has 0 aliphatic rings. The highest BCUT2D eigenvalue weighted by Gasteiger charge is 2.17. The average molecular weight is 410 g/mol. The van der Waals surface area contributed by atoms with Gasteiger partial charge in [-0.2, -0.15) is 0 Å². The number of esters is 1. The first kappa shape index (κ1) is 20.6. The highest BCUT2D eigenvalue weighted by Crippen LogP contribution is 2.19. The van der Waals surface area contributed by atoms with Crippen LogP contribution in [0.15, 0.2) is 36.4 Å². The fourth-order valence-electron chi connectivity index (χ4n) is 2.06. The van der Waals surface area contributed by atoms with Crippen molar-refractivity contribution in [1.82, 2.24) is 5.32 Å². The van der Waals surface area contributed by atoms with E-state index in [1.807, 2.05) is 0 Å². The molecule has 0 saturated carbocycles. The third kappa shape index (κ3) is 6.50. The van der Waals surface area contributed by atoms with E-state index in [0.29, 0.717) is 11.4 Å². The Labute approximate surface area is 160 Å². The first-order valence-corrected chi connectivity index (χ1v) is 10.5. The molecule has 0 fully saturated rings. The van der Waals surface area contributed by atoms with Crippen LogP contribution in [-0.2, 0) is 26.1 Å². The Kier molecular flexibility index (Phi) is 6.70. The normalized spacial score (nSPS) is 10.9. The number of nitrogens with one attached hydrogen (secondary N) is 2. The van der Waals surface area contributed by atoms with Gasteiger partial charge in [-0.3, -0.25) is 14.3 Å². The lowest BCUT2D eigenvalue weighted by Crippen LogP contribution is -2.18. The summed E-state index contributed by atoms with van der Waals surface area (Å²) in [6.07, 6.45) is 0.966. The lowest BCUT2D eigenvalue weighted by Gasteiger charge is -2.10. The second-order valence-corrected chi connectivity index (χ2v) is 8.51. The minimum absolute atomic E-state index is 0.00764. The van der Waals surface area contributed by atoms with Crippen molar-refractivity contribution in [3.8, 4) is 0 Å². The van der Waals surface area contributed by atoms with Crippen LogP contribution in [0.3, 0.4) is 0 Å². The number of amides is 1. The molecule has 144 valence electrons. The Balaban J connectivity index is 2.00. The van der Waals surface area contributed by atoms with E-state index >= 15 is 0 Å². The van der Waals surface area contributed by atoms with Crippen molar-refractivity contribution in [3.63, 3.8) is 0 Å². The molecule has 27 heavy (non-hydrogen) atoms. The topological polar surface area (TPSA) is 119 Å². The summed E-state index contributed by atoms with van der Waals surface area (Å²) in [7, 11) is -3.57. The smallest absolute Gasteiger partial charge is 0.340 e. The zero-order valence-electron chi connectivity index (χ0n) is 14.6. The lowest BCUT2D eigenvalue weighted by molar-refractivity contribution is -0.119. The molecule has 0 saturated heterocycles. The number of hydrogen-bond donors (Lipinski definition) is 2. The van der Waals surface area contributed by atoms with Gasteiger partial charge in [0, 0.05) is 11.8 Å². The van der Waals surface area contributed by atoms with Gasteiger partial charge in [0.1, 0.15) is 0 Å². The van der Waals surface area contributed by atoms with E-state index in [-0.39, 0.29) is 17.2 Å². The van der Waals surface area contributed by atoms with Crippen molar-refractivity contribution in [3.05, 3.63) is 51.7 Å². The minimum Gasteiger partial charge on any atom is -0.454 e. The quantitative estimate of drug-likeness (QED) is 0.506. The van der Waals surface area contributed by atoms with Gasteiger partial charge < -0.3 is 10.1 Å². The summed E-state index contributed by atoms with van der Waals surface area (Å²) in [5, 5.41) is 2.63. The van der Waals surface area contributed by atoms with Gasteiger partial charge in [-0.05, 0) is 24.3 Å². The molecule has 0 unspecified atom stereocenters. The third-order valence-corrected chi connectivity index (χ3v) is 4.94.